The van der Waals surface area contributed by atoms with Crippen LogP contribution in [0.1, 0.15) is 38.7 Å². The molecule has 0 heterocycles. The maximum atomic E-state index is 12.2. The SMILES string of the molecule is CC(CC(=O)N(CC(=O)O)C(C)C)c1ccccc1. The van der Waals surface area contributed by atoms with Gasteiger partial charge in [0.1, 0.15) is 6.54 Å². The molecule has 104 valence electrons. The lowest BCUT2D eigenvalue weighted by molar-refractivity contribution is -0.145. The molecule has 0 aromatic heterocycles. The van der Waals surface area contributed by atoms with Crippen LogP contribution in [-0.4, -0.2) is 34.5 Å². The van der Waals surface area contributed by atoms with Crippen LogP contribution >= 0.6 is 0 Å². The zero-order valence-electron chi connectivity index (χ0n) is 11.7. The fourth-order valence-corrected chi connectivity index (χ4v) is 1.98. The Morgan fingerprint density at radius 3 is 2.21 bits per heavy atom. The summed E-state index contributed by atoms with van der Waals surface area (Å²) in [6.07, 6.45) is 0.329. The zero-order valence-corrected chi connectivity index (χ0v) is 11.7. The van der Waals surface area contributed by atoms with E-state index in [4.69, 9.17) is 5.11 Å². The predicted octanol–water partition coefficient (Wildman–Crippen LogP) is 2.50. The van der Waals surface area contributed by atoms with E-state index in [9.17, 15) is 9.59 Å². The summed E-state index contributed by atoms with van der Waals surface area (Å²) in [5.41, 5.74) is 1.09. The van der Waals surface area contributed by atoms with Gasteiger partial charge in [0.25, 0.3) is 0 Å². The molecule has 1 unspecified atom stereocenters. The van der Waals surface area contributed by atoms with E-state index in [1.54, 1.807) is 0 Å². The van der Waals surface area contributed by atoms with Gasteiger partial charge in [0.05, 0.1) is 0 Å². The first-order valence-corrected chi connectivity index (χ1v) is 6.48. The Labute approximate surface area is 114 Å². The molecule has 0 aliphatic rings. The highest BCUT2D eigenvalue weighted by Crippen LogP contribution is 2.20. The van der Waals surface area contributed by atoms with Gasteiger partial charge in [0.15, 0.2) is 0 Å². The fourth-order valence-electron chi connectivity index (χ4n) is 1.98. The largest absolute Gasteiger partial charge is 0.480 e. The van der Waals surface area contributed by atoms with Gasteiger partial charge in [-0.15, -0.1) is 0 Å². The molecule has 0 radical (unpaired) electrons. The van der Waals surface area contributed by atoms with E-state index in [1.807, 2.05) is 51.1 Å². The van der Waals surface area contributed by atoms with E-state index in [2.05, 4.69) is 0 Å². The van der Waals surface area contributed by atoms with Crippen molar-refractivity contribution in [1.82, 2.24) is 4.90 Å². The van der Waals surface area contributed by atoms with Gasteiger partial charge >= 0.3 is 5.97 Å². The van der Waals surface area contributed by atoms with Crippen molar-refractivity contribution < 1.29 is 14.7 Å². The lowest BCUT2D eigenvalue weighted by Crippen LogP contribution is -2.41. The Morgan fingerprint density at radius 1 is 1.16 bits per heavy atom. The van der Waals surface area contributed by atoms with Crippen LogP contribution in [0.5, 0.6) is 0 Å². The van der Waals surface area contributed by atoms with E-state index in [0.717, 1.165) is 5.56 Å². The summed E-state index contributed by atoms with van der Waals surface area (Å²) in [5.74, 6) is -1.01. The average Bonchev–Trinajstić information content (AvgIpc) is 2.36. The number of aliphatic carboxylic acids is 1. The van der Waals surface area contributed by atoms with E-state index in [0.29, 0.717) is 6.42 Å². The van der Waals surface area contributed by atoms with Crippen molar-refractivity contribution >= 4 is 11.9 Å². The number of rotatable bonds is 6. The number of benzene rings is 1. The van der Waals surface area contributed by atoms with Crippen LogP contribution in [0.3, 0.4) is 0 Å². The smallest absolute Gasteiger partial charge is 0.323 e. The second kappa shape index (κ2) is 6.92. The van der Waals surface area contributed by atoms with Gasteiger partial charge in [0.2, 0.25) is 5.91 Å². The van der Waals surface area contributed by atoms with Crippen LogP contribution in [0, 0.1) is 0 Å². The van der Waals surface area contributed by atoms with E-state index < -0.39 is 5.97 Å². The predicted molar refractivity (Wildman–Crippen MR) is 74.0 cm³/mol. The quantitative estimate of drug-likeness (QED) is 0.858. The first kappa shape index (κ1) is 15.2. The molecular weight excluding hydrogens is 242 g/mol. The highest BCUT2D eigenvalue weighted by Gasteiger charge is 2.21. The maximum Gasteiger partial charge on any atom is 0.323 e. The van der Waals surface area contributed by atoms with E-state index in [-0.39, 0.29) is 24.4 Å². The van der Waals surface area contributed by atoms with Gasteiger partial charge < -0.3 is 10.0 Å². The molecule has 1 atom stereocenters. The maximum absolute atomic E-state index is 12.2. The van der Waals surface area contributed by atoms with Crippen LogP contribution in [0.4, 0.5) is 0 Å². The molecular formula is C15H21NO3. The Kier molecular flexibility index (Phi) is 5.55. The third kappa shape index (κ3) is 4.73. The molecule has 4 nitrogen and oxygen atoms in total. The average molecular weight is 263 g/mol. The second-order valence-corrected chi connectivity index (χ2v) is 5.02. The monoisotopic (exact) mass is 263 g/mol. The molecule has 1 rings (SSSR count). The summed E-state index contributed by atoms with van der Waals surface area (Å²) in [5, 5.41) is 8.84. The molecule has 0 aliphatic heterocycles. The molecule has 4 heteroatoms. The molecule has 0 saturated heterocycles. The van der Waals surface area contributed by atoms with Crippen molar-refractivity contribution in [2.75, 3.05) is 6.54 Å². The number of amides is 1. The van der Waals surface area contributed by atoms with Crippen molar-refractivity contribution in [3.05, 3.63) is 35.9 Å². The minimum atomic E-state index is -0.977. The number of nitrogens with zero attached hydrogens (tertiary/aromatic N) is 1. The summed E-state index contributed by atoms with van der Waals surface area (Å²) in [4.78, 5) is 24.4. The van der Waals surface area contributed by atoms with Crippen LogP contribution in [0.2, 0.25) is 0 Å². The minimum absolute atomic E-state index is 0.0868. The van der Waals surface area contributed by atoms with Crippen molar-refractivity contribution in [3.63, 3.8) is 0 Å². The van der Waals surface area contributed by atoms with Crippen molar-refractivity contribution in [3.8, 4) is 0 Å². The standard InChI is InChI=1S/C15H21NO3/c1-11(2)16(10-15(18)19)14(17)9-12(3)13-7-5-4-6-8-13/h4-8,11-12H,9-10H2,1-3H3,(H,18,19). The molecule has 0 saturated carbocycles. The highest BCUT2D eigenvalue weighted by atomic mass is 16.4. The number of hydrogen-bond acceptors (Lipinski definition) is 2. The molecule has 0 fully saturated rings. The number of hydrogen-bond donors (Lipinski definition) is 1. The number of carboxylic acids is 1. The molecule has 19 heavy (non-hydrogen) atoms. The van der Waals surface area contributed by atoms with Gasteiger partial charge in [0, 0.05) is 12.5 Å². The van der Waals surface area contributed by atoms with E-state index >= 15 is 0 Å². The van der Waals surface area contributed by atoms with E-state index in [1.165, 1.54) is 4.90 Å². The Morgan fingerprint density at radius 2 is 1.74 bits per heavy atom. The van der Waals surface area contributed by atoms with Crippen molar-refractivity contribution in [1.29, 1.82) is 0 Å². The zero-order chi connectivity index (χ0) is 14.4. The summed E-state index contributed by atoms with van der Waals surface area (Å²) >= 11 is 0. The molecule has 1 amide bonds. The third-order valence-corrected chi connectivity index (χ3v) is 3.10. The molecule has 1 aromatic carbocycles. The summed E-state index contributed by atoms with van der Waals surface area (Å²) in [6.45, 7) is 5.40. The highest BCUT2D eigenvalue weighted by molar-refractivity contribution is 5.82. The molecule has 0 bridgehead atoms. The minimum Gasteiger partial charge on any atom is -0.480 e. The number of carbonyl (C=O) groups excluding carboxylic acids is 1. The molecule has 0 aliphatic carbocycles. The first-order chi connectivity index (χ1) is 8.91. The van der Waals surface area contributed by atoms with Crippen LogP contribution in [0.25, 0.3) is 0 Å². The third-order valence-electron chi connectivity index (χ3n) is 3.10. The molecule has 1 aromatic rings. The van der Waals surface area contributed by atoms with Gasteiger partial charge in [-0.25, -0.2) is 0 Å². The van der Waals surface area contributed by atoms with Gasteiger partial charge in [-0.3, -0.25) is 9.59 Å². The Hall–Kier alpha value is -1.84. The first-order valence-electron chi connectivity index (χ1n) is 6.48. The second-order valence-electron chi connectivity index (χ2n) is 5.02. The van der Waals surface area contributed by atoms with Gasteiger partial charge in [-0.05, 0) is 25.3 Å². The Bertz CT molecular complexity index is 428. The summed E-state index contributed by atoms with van der Waals surface area (Å²) in [7, 11) is 0. The lowest BCUT2D eigenvalue weighted by Gasteiger charge is -2.26. The van der Waals surface area contributed by atoms with Crippen molar-refractivity contribution in [2.24, 2.45) is 0 Å². The molecule has 1 N–H and O–H groups in total. The number of carbonyl (C=O) groups is 2. The lowest BCUT2D eigenvalue weighted by atomic mass is 9.97. The topological polar surface area (TPSA) is 57.6 Å². The van der Waals surface area contributed by atoms with Crippen LogP contribution < -0.4 is 0 Å². The summed E-state index contributed by atoms with van der Waals surface area (Å²) < 4.78 is 0. The van der Waals surface area contributed by atoms with Crippen LogP contribution in [0.15, 0.2) is 30.3 Å². The number of carboxylic acid groups (broad SMARTS) is 1. The fraction of sp³-hybridized carbons (Fsp3) is 0.467. The summed E-state index contributed by atoms with van der Waals surface area (Å²) in [6, 6.07) is 9.67. The van der Waals surface area contributed by atoms with Crippen LogP contribution in [-0.2, 0) is 9.59 Å². The van der Waals surface area contributed by atoms with Gasteiger partial charge in [-0.1, -0.05) is 37.3 Å². The van der Waals surface area contributed by atoms with Gasteiger partial charge in [-0.2, -0.15) is 0 Å². The van der Waals surface area contributed by atoms with Crippen molar-refractivity contribution in [2.45, 2.75) is 39.2 Å². The Balaban J connectivity index is 2.69. The molecule has 0 spiro atoms. The normalized spacial score (nSPS) is 12.2.